The van der Waals surface area contributed by atoms with E-state index >= 15 is 0 Å². The van der Waals surface area contributed by atoms with Gasteiger partial charge in [0, 0.05) is 28.0 Å². The summed E-state index contributed by atoms with van der Waals surface area (Å²) in [6.07, 6.45) is 2.58. The third-order valence-electron chi connectivity index (χ3n) is 3.27. The predicted molar refractivity (Wildman–Crippen MR) is 77.7 cm³/mol. The van der Waals surface area contributed by atoms with Crippen molar-refractivity contribution < 1.29 is 21.6 Å². The molecule has 0 radical (unpaired) electrons. The van der Waals surface area contributed by atoms with Crippen molar-refractivity contribution >= 4 is 35.5 Å². The van der Waals surface area contributed by atoms with E-state index in [9.17, 15) is 21.6 Å². The minimum Gasteiger partial charge on any atom is -0.347 e. The summed E-state index contributed by atoms with van der Waals surface area (Å²) in [5, 5.41) is 2.73. The van der Waals surface area contributed by atoms with E-state index in [1.807, 2.05) is 6.92 Å². The van der Waals surface area contributed by atoms with Gasteiger partial charge >= 0.3 is 0 Å². The molecule has 1 aliphatic carbocycles. The summed E-state index contributed by atoms with van der Waals surface area (Å²) >= 11 is 0. The number of carbonyl (C=O) groups is 1. The van der Waals surface area contributed by atoms with Gasteiger partial charge in [-0.25, -0.2) is 16.8 Å². The maximum absolute atomic E-state index is 12.1. The fourth-order valence-electron chi connectivity index (χ4n) is 1.72. The number of nitrogens with one attached hydrogen (secondary N) is 1. The Morgan fingerprint density at radius 2 is 1.67 bits per heavy atom. The summed E-state index contributed by atoms with van der Waals surface area (Å²) in [5.74, 6) is -0.526. The normalized spacial score (nSPS) is 17.3. The van der Waals surface area contributed by atoms with Crippen molar-refractivity contribution in [3.63, 3.8) is 0 Å². The minimum atomic E-state index is -4.14. The summed E-state index contributed by atoms with van der Waals surface area (Å²) in [7, 11) is -2.57. The zero-order valence-electron chi connectivity index (χ0n) is 11.4. The fraction of sp³-hybridized carbons (Fsp3) is 0.417. The van der Waals surface area contributed by atoms with E-state index in [1.54, 1.807) is 0 Å². The molecular weight excluding hydrogens is 338 g/mol. The first-order valence-electron chi connectivity index (χ1n) is 6.03. The first-order chi connectivity index (χ1) is 9.41. The molecule has 116 valence electrons. The zero-order chi connectivity index (χ0) is 16.1. The quantitative estimate of drug-likeness (QED) is 0.824. The maximum Gasteiger partial charge on any atom is 0.261 e. The Kier molecular flexibility index (Phi) is 3.84. The third-order valence-corrected chi connectivity index (χ3v) is 5.69. The van der Waals surface area contributed by atoms with Crippen LogP contribution in [0.3, 0.4) is 0 Å². The lowest BCUT2D eigenvalue weighted by Gasteiger charge is -2.12. The van der Waals surface area contributed by atoms with Crippen LogP contribution in [0.15, 0.2) is 28.0 Å². The molecule has 1 aromatic rings. The van der Waals surface area contributed by atoms with Crippen LogP contribution in [0.2, 0.25) is 0 Å². The highest BCUT2D eigenvalue weighted by Crippen LogP contribution is 2.34. The van der Waals surface area contributed by atoms with Gasteiger partial charge in [-0.1, -0.05) is 0 Å². The van der Waals surface area contributed by atoms with Gasteiger partial charge in [-0.3, -0.25) is 4.79 Å². The average molecular weight is 352 g/mol. The lowest BCUT2D eigenvalue weighted by atomic mass is 10.2. The van der Waals surface area contributed by atoms with Gasteiger partial charge in [0.25, 0.3) is 15.0 Å². The van der Waals surface area contributed by atoms with Gasteiger partial charge in [0.2, 0.25) is 0 Å². The van der Waals surface area contributed by atoms with Crippen LogP contribution in [0.4, 0.5) is 0 Å². The molecule has 0 aliphatic heterocycles. The molecule has 0 aromatic heterocycles. The molecule has 0 atom stereocenters. The lowest BCUT2D eigenvalue weighted by Crippen LogP contribution is -2.34. The van der Waals surface area contributed by atoms with Gasteiger partial charge < -0.3 is 5.32 Å². The Bertz CT molecular complexity index is 760. The number of halogens is 1. The zero-order valence-corrected chi connectivity index (χ0v) is 13.8. The standard InChI is InChI=1S/C12H14ClNO5S2/c1-12(3-4-12)14-11(15)8-5-9(20(2,16)17)7-10(6-8)21(13,18)19/h5-7H,3-4H2,1-2H3,(H,14,15). The van der Waals surface area contributed by atoms with E-state index in [4.69, 9.17) is 10.7 Å². The van der Waals surface area contributed by atoms with Crippen LogP contribution in [0.1, 0.15) is 30.1 Å². The van der Waals surface area contributed by atoms with Crippen LogP contribution in [-0.2, 0) is 18.9 Å². The van der Waals surface area contributed by atoms with Crippen molar-refractivity contribution in [1.82, 2.24) is 5.32 Å². The highest BCUT2D eigenvalue weighted by Gasteiger charge is 2.39. The second kappa shape index (κ2) is 4.96. The van der Waals surface area contributed by atoms with E-state index < -0.39 is 29.7 Å². The molecule has 1 saturated carbocycles. The molecule has 21 heavy (non-hydrogen) atoms. The number of rotatable bonds is 4. The number of hydrogen-bond acceptors (Lipinski definition) is 5. The number of sulfone groups is 1. The molecule has 1 fully saturated rings. The summed E-state index contributed by atoms with van der Waals surface area (Å²) in [6, 6.07) is 3.15. The van der Waals surface area contributed by atoms with Gasteiger partial charge in [-0.15, -0.1) is 0 Å². The van der Waals surface area contributed by atoms with Gasteiger partial charge in [-0.2, -0.15) is 0 Å². The minimum absolute atomic E-state index is 0.0507. The van der Waals surface area contributed by atoms with Crippen molar-refractivity contribution in [2.75, 3.05) is 6.26 Å². The van der Waals surface area contributed by atoms with E-state index in [2.05, 4.69) is 5.32 Å². The predicted octanol–water partition coefficient (Wildman–Crippen LogP) is 1.30. The van der Waals surface area contributed by atoms with Gasteiger partial charge in [0.1, 0.15) is 0 Å². The summed E-state index contributed by atoms with van der Waals surface area (Å²) in [5.41, 5.74) is -0.358. The molecular formula is C12H14ClNO5S2. The summed E-state index contributed by atoms with van der Waals surface area (Å²) < 4.78 is 46.1. The van der Waals surface area contributed by atoms with E-state index in [1.165, 1.54) is 0 Å². The SMILES string of the molecule is CC1(NC(=O)c2cc(S(C)(=O)=O)cc(S(=O)(=O)Cl)c2)CC1. The maximum atomic E-state index is 12.1. The number of hydrogen-bond donors (Lipinski definition) is 1. The third kappa shape index (κ3) is 3.96. The molecule has 1 aromatic carbocycles. The summed E-state index contributed by atoms with van der Waals surface area (Å²) in [6.45, 7) is 1.85. The van der Waals surface area contributed by atoms with Crippen molar-refractivity contribution in [2.45, 2.75) is 35.1 Å². The highest BCUT2D eigenvalue weighted by molar-refractivity contribution is 8.13. The second-order valence-electron chi connectivity index (χ2n) is 5.42. The smallest absolute Gasteiger partial charge is 0.261 e. The summed E-state index contributed by atoms with van der Waals surface area (Å²) in [4.78, 5) is 11.4. The average Bonchev–Trinajstić information content (AvgIpc) is 3.04. The van der Waals surface area contributed by atoms with Gasteiger partial charge in [0.15, 0.2) is 9.84 Å². The molecule has 0 unspecified atom stereocenters. The molecule has 1 aliphatic rings. The Balaban J connectivity index is 2.52. The first kappa shape index (κ1) is 16.3. The Morgan fingerprint density at radius 1 is 1.14 bits per heavy atom. The van der Waals surface area contributed by atoms with Crippen LogP contribution in [0, 0.1) is 0 Å². The lowest BCUT2D eigenvalue weighted by molar-refractivity contribution is 0.0935. The van der Waals surface area contributed by atoms with Crippen molar-refractivity contribution in [3.05, 3.63) is 23.8 Å². The van der Waals surface area contributed by atoms with Crippen molar-refractivity contribution in [1.29, 1.82) is 0 Å². The van der Waals surface area contributed by atoms with E-state index in [-0.39, 0.29) is 16.0 Å². The van der Waals surface area contributed by atoms with Crippen LogP contribution < -0.4 is 5.32 Å². The largest absolute Gasteiger partial charge is 0.347 e. The fourth-order valence-corrected chi connectivity index (χ4v) is 3.28. The van der Waals surface area contributed by atoms with E-state index in [0.29, 0.717) is 0 Å². The molecule has 9 heteroatoms. The van der Waals surface area contributed by atoms with Crippen LogP contribution >= 0.6 is 10.7 Å². The highest BCUT2D eigenvalue weighted by atomic mass is 35.7. The van der Waals surface area contributed by atoms with Gasteiger partial charge in [0.05, 0.1) is 9.79 Å². The molecule has 1 amide bonds. The number of carbonyl (C=O) groups excluding carboxylic acids is 1. The molecule has 0 spiro atoms. The molecule has 2 rings (SSSR count). The molecule has 0 bridgehead atoms. The second-order valence-corrected chi connectivity index (χ2v) is 10.00. The monoisotopic (exact) mass is 351 g/mol. The number of amides is 1. The Morgan fingerprint density at radius 3 is 2.10 bits per heavy atom. The van der Waals surface area contributed by atoms with Crippen LogP contribution in [0.5, 0.6) is 0 Å². The Hall–Kier alpha value is -1.12. The van der Waals surface area contributed by atoms with Crippen molar-refractivity contribution in [3.8, 4) is 0 Å². The topological polar surface area (TPSA) is 97.4 Å². The van der Waals surface area contributed by atoms with Crippen LogP contribution in [0.25, 0.3) is 0 Å². The van der Waals surface area contributed by atoms with Crippen molar-refractivity contribution in [2.24, 2.45) is 0 Å². The van der Waals surface area contributed by atoms with Gasteiger partial charge in [-0.05, 0) is 38.0 Å². The number of benzene rings is 1. The molecule has 6 nitrogen and oxygen atoms in total. The Labute approximate surface area is 127 Å². The van der Waals surface area contributed by atoms with Crippen LogP contribution in [-0.4, -0.2) is 34.5 Å². The molecule has 0 saturated heterocycles. The first-order valence-corrected chi connectivity index (χ1v) is 10.2. The molecule has 1 N–H and O–H groups in total. The van der Waals surface area contributed by atoms with E-state index in [0.717, 1.165) is 37.3 Å². The molecule has 0 heterocycles.